The number of carbonyl (C=O) groups is 1. The van der Waals surface area contributed by atoms with Crippen LogP contribution in [-0.2, 0) is 24.1 Å². The van der Waals surface area contributed by atoms with Crippen molar-refractivity contribution in [3.05, 3.63) is 58.7 Å². The fourth-order valence-electron chi connectivity index (χ4n) is 3.47. The Labute approximate surface area is 150 Å². The highest BCUT2D eigenvalue weighted by Crippen LogP contribution is 2.26. The first-order chi connectivity index (χ1) is 12.1. The minimum absolute atomic E-state index is 0.110. The molecule has 2 aromatic carbocycles. The van der Waals surface area contributed by atoms with Crippen molar-refractivity contribution in [3.8, 4) is 5.75 Å². The quantitative estimate of drug-likeness (QED) is 0.847. The topological polar surface area (TPSA) is 38.3 Å². The third-order valence-corrected chi connectivity index (χ3v) is 4.99. The molecular formula is C22H27NO2. The van der Waals surface area contributed by atoms with E-state index in [0.29, 0.717) is 0 Å². The van der Waals surface area contributed by atoms with Gasteiger partial charge in [-0.1, -0.05) is 31.2 Å². The molecule has 0 fully saturated rings. The molecule has 0 aliphatic heterocycles. The van der Waals surface area contributed by atoms with Gasteiger partial charge in [-0.05, 0) is 80.3 Å². The summed E-state index contributed by atoms with van der Waals surface area (Å²) in [5, 5.41) is 3.05. The number of para-hydroxylation sites is 1. The molecule has 0 saturated heterocycles. The van der Waals surface area contributed by atoms with Gasteiger partial charge in [0.25, 0.3) is 5.91 Å². The Hall–Kier alpha value is -2.29. The van der Waals surface area contributed by atoms with Crippen molar-refractivity contribution < 1.29 is 9.53 Å². The lowest BCUT2D eigenvalue weighted by atomic mass is 9.92. The van der Waals surface area contributed by atoms with Crippen LogP contribution in [0.4, 0.5) is 5.69 Å². The zero-order valence-electron chi connectivity index (χ0n) is 15.4. The molecule has 0 aromatic heterocycles. The summed E-state index contributed by atoms with van der Waals surface area (Å²) in [6, 6.07) is 12.3. The molecule has 1 aliphatic carbocycles. The minimum Gasteiger partial charge on any atom is -0.481 e. The van der Waals surface area contributed by atoms with Crippen molar-refractivity contribution in [1.82, 2.24) is 0 Å². The molecule has 3 nitrogen and oxygen atoms in total. The molecule has 0 unspecified atom stereocenters. The zero-order valence-corrected chi connectivity index (χ0v) is 15.4. The number of carbonyl (C=O) groups excluding carboxylic acids is 1. The largest absolute Gasteiger partial charge is 0.481 e. The van der Waals surface area contributed by atoms with Crippen LogP contribution in [0, 0.1) is 6.92 Å². The van der Waals surface area contributed by atoms with Crippen LogP contribution in [0.2, 0.25) is 0 Å². The first kappa shape index (κ1) is 17.5. The molecule has 2 aromatic rings. The molecule has 0 saturated carbocycles. The molecule has 0 heterocycles. The van der Waals surface area contributed by atoms with Crippen molar-refractivity contribution in [2.75, 3.05) is 5.32 Å². The monoisotopic (exact) mass is 337 g/mol. The smallest absolute Gasteiger partial charge is 0.265 e. The molecule has 1 amide bonds. The Balaban J connectivity index is 1.69. The lowest BCUT2D eigenvalue weighted by Crippen LogP contribution is -2.30. The molecule has 0 spiro atoms. The average Bonchev–Trinajstić information content (AvgIpc) is 2.63. The number of aryl methyl sites for hydroxylation is 4. The summed E-state index contributed by atoms with van der Waals surface area (Å²) in [7, 11) is 0. The van der Waals surface area contributed by atoms with E-state index in [0.717, 1.165) is 41.8 Å². The van der Waals surface area contributed by atoms with Gasteiger partial charge in [0.1, 0.15) is 5.75 Å². The van der Waals surface area contributed by atoms with Crippen molar-refractivity contribution in [1.29, 1.82) is 0 Å². The van der Waals surface area contributed by atoms with E-state index >= 15 is 0 Å². The zero-order chi connectivity index (χ0) is 17.8. The Bertz CT molecular complexity index is 767. The van der Waals surface area contributed by atoms with Gasteiger partial charge in [0, 0.05) is 5.69 Å². The van der Waals surface area contributed by atoms with Gasteiger partial charge in [0.15, 0.2) is 6.10 Å². The van der Waals surface area contributed by atoms with Crippen LogP contribution in [0.3, 0.4) is 0 Å². The number of nitrogens with one attached hydrogen (secondary N) is 1. The molecule has 0 radical (unpaired) electrons. The maximum atomic E-state index is 12.6. The first-order valence-electron chi connectivity index (χ1n) is 9.26. The molecule has 1 N–H and O–H groups in total. The van der Waals surface area contributed by atoms with Crippen LogP contribution in [0.25, 0.3) is 0 Å². The number of hydrogen-bond acceptors (Lipinski definition) is 2. The molecule has 25 heavy (non-hydrogen) atoms. The van der Waals surface area contributed by atoms with Crippen molar-refractivity contribution >= 4 is 11.6 Å². The lowest BCUT2D eigenvalue weighted by molar-refractivity contribution is -0.122. The summed E-state index contributed by atoms with van der Waals surface area (Å²) in [5.74, 6) is 0.672. The van der Waals surface area contributed by atoms with Gasteiger partial charge in [-0.2, -0.15) is 0 Å². The van der Waals surface area contributed by atoms with E-state index in [-0.39, 0.29) is 5.91 Å². The second-order valence-electron chi connectivity index (χ2n) is 6.85. The normalized spacial score (nSPS) is 14.5. The minimum atomic E-state index is -0.536. The summed E-state index contributed by atoms with van der Waals surface area (Å²) >= 11 is 0. The third kappa shape index (κ3) is 4.04. The van der Waals surface area contributed by atoms with E-state index in [1.165, 1.54) is 24.0 Å². The average molecular weight is 337 g/mol. The second-order valence-corrected chi connectivity index (χ2v) is 6.85. The van der Waals surface area contributed by atoms with Gasteiger partial charge in [0.05, 0.1) is 0 Å². The van der Waals surface area contributed by atoms with E-state index in [2.05, 4.69) is 30.4 Å². The molecule has 0 bridgehead atoms. The predicted octanol–water partition coefficient (Wildman–Crippen LogP) is 4.84. The van der Waals surface area contributed by atoms with E-state index in [1.807, 2.05) is 25.1 Å². The maximum Gasteiger partial charge on any atom is 0.265 e. The van der Waals surface area contributed by atoms with Crippen LogP contribution in [-0.4, -0.2) is 12.0 Å². The van der Waals surface area contributed by atoms with Gasteiger partial charge in [-0.3, -0.25) is 4.79 Å². The number of ether oxygens (including phenoxy) is 1. The Morgan fingerprint density at radius 2 is 1.92 bits per heavy atom. The van der Waals surface area contributed by atoms with Gasteiger partial charge in [0.2, 0.25) is 0 Å². The van der Waals surface area contributed by atoms with Gasteiger partial charge >= 0.3 is 0 Å². The summed E-state index contributed by atoms with van der Waals surface area (Å²) in [5.41, 5.74) is 5.92. The van der Waals surface area contributed by atoms with E-state index in [4.69, 9.17) is 4.74 Å². The Kier molecular flexibility index (Phi) is 5.42. The highest BCUT2D eigenvalue weighted by molar-refractivity contribution is 5.95. The highest BCUT2D eigenvalue weighted by Gasteiger charge is 2.18. The summed E-state index contributed by atoms with van der Waals surface area (Å²) in [6.45, 7) is 5.92. The predicted molar refractivity (Wildman–Crippen MR) is 102 cm³/mol. The first-order valence-corrected chi connectivity index (χ1v) is 9.26. The van der Waals surface area contributed by atoms with Crippen LogP contribution >= 0.6 is 0 Å². The Morgan fingerprint density at radius 1 is 1.16 bits per heavy atom. The van der Waals surface area contributed by atoms with Crippen LogP contribution in [0.1, 0.15) is 48.9 Å². The Morgan fingerprint density at radius 3 is 2.68 bits per heavy atom. The highest BCUT2D eigenvalue weighted by atomic mass is 16.5. The van der Waals surface area contributed by atoms with Gasteiger partial charge in [-0.25, -0.2) is 0 Å². The van der Waals surface area contributed by atoms with Crippen molar-refractivity contribution in [2.24, 2.45) is 0 Å². The van der Waals surface area contributed by atoms with Crippen LogP contribution in [0.5, 0.6) is 5.75 Å². The lowest BCUT2D eigenvalue weighted by Gasteiger charge is -2.20. The van der Waals surface area contributed by atoms with Crippen LogP contribution < -0.4 is 10.1 Å². The molecular weight excluding hydrogens is 310 g/mol. The SMILES string of the molecule is CCc1cccc(C)c1NC(=O)[C@H](C)Oc1ccc2c(c1)CCCC2. The summed E-state index contributed by atoms with van der Waals surface area (Å²) in [4.78, 5) is 12.6. The van der Waals surface area contributed by atoms with Crippen molar-refractivity contribution in [3.63, 3.8) is 0 Å². The number of benzene rings is 2. The number of rotatable bonds is 5. The standard InChI is InChI=1S/C22H27NO2/c1-4-17-11-7-8-15(2)21(17)23-22(24)16(3)25-20-13-12-18-9-5-6-10-19(18)14-20/h7-8,11-14,16H,4-6,9-10H2,1-3H3,(H,23,24)/t16-/m0/s1. The molecule has 3 heteroatoms. The molecule has 3 rings (SSSR count). The van der Waals surface area contributed by atoms with Gasteiger partial charge in [-0.15, -0.1) is 0 Å². The number of amides is 1. The van der Waals surface area contributed by atoms with E-state index < -0.39 is 6.10 Å². The summed E-state index contributed by atoms with van der Waals surface area (Å²) < 4.78 is 5.92. The van der Waals surface area contributed by atoms with E-state index in [9.17, 15) is 4.79 Å². The fraction of sp³-hybridized carbons (Fsp3) is 0.409. The number of hydrogen-bond donors (Lipinski definition) is 1. The van der Waals surface area contributed by atoms with E-state index in [1.54, 1.807) is 6.92 Å². The third-order valence-electron chi connectivity index (χ3n) is 4.99. The van der Waals surface area contributed by atoms with Crippen LogP contribution in [0.15, 0.2) is 36.4 Å². The summed E-state index contributed by atoms with van der Waals surface area (Å²) in [6.07, 6.45) is 5.11. The second kappa shape index (κ2) is 7.73. The molecule has 1 aliphatic rings. The van der Waals surface area contributed by atoms with Gasteiger partial charge < -0.3 is 10.1 Å². The number of fused-ring (bicyclic) bond motifs is 1. The molecule has 1 atom stereocenters. The van der Waals surface area contributed by atoms with Crippen molar-refractivity contribution in [2.45, 2.75) is 59.0 Å². The molecule has 132 valence electrons. The fourth-order valence-corrected chi connectivity index (χ4v) is 3.47. The number of anilines is 1. The maximum absolute atomic E-state index is 12.6.